The van der Waals surface area contributed by atoms with Crippen LogP contribution in [-0.4, -0.2) is 29.2 Å². The predicted molar refractivity (Wildman–Crippen MR) is 87.4 cm³/mol. The van der Waals surface area contributed by atoms with Crippen molar-refractivity contribution in [2.24, 2.45) is 32.5 Å². The number of hydrogen-bond acceptors (Lipinski definition) is 5. The van der Waals surface area contributed by atoms with E-state index < -0.39 is 5.91 Å². The second-order valence-electron chi connectivity index (χ2n) is 6.38. The Kier molecular flexibility index (Phi) is 3.32. The Labute approximate surface area is 134 Å². The Balaban J connectivity index is 1.90. The zero-order chi connectivity index (χ0) is 16.0. The molecule has 2 atom stereocenters. The number of ketones is 1. The smallest absolute Gasteiger partial charge is 0.284 e. The molecule has 2 unspecified atom stereocenters. The number of allylic oxidation sites excluding steroid dienone is 3. The number of nitrogens with zero attached hydrogens (tertiary/aromatic N) is 3. The summed E-state index contributed by atoms with van der Waals surface area (Å²) >= 11 is 0. The Bertz CT molecular complexity index is 755. The van der Waals surface area contributed by atoms with Gasteiger partial charge in [0.05, 0.1) is 11.5 Å². The van der Waals surface area contributed by atoms with E-state index in [2.05, 4.69) is 27.1 Å². The number of dihydropyridines is 1. The lowest BCUT2D eigenvalue weighted by Crippen LogP contribution is -2.40. The molecule has 0 saturated heterocycles. The van der Waals surface area contributed by atoms with E-state index >= 15 is 0 Å². The van der Waals surface area contributed by atoms with Crippen LogP contribution < -0.4 is 5.73 Å². The number of amides is 1. The van der Waals surface area contributed by atoms with Crippen LogP contribution >= 0.6 is 0 Å². The summed E-state index contributed by atoms with van der Waals surface area (Å²) in [4.78, 5) is 37.5. The maximum Gasteiger partial charge on any atom is 0.284 e. The summed E-state index contributed by atoms with van der Waals surface area (Å²) < 4.78 is 0. The zero-order valence-corrected chi connectivity index (χ0v) is 12.8. The van der Waals surface area contributed by atoms with Gasteiger partial charge in [-0.15, -0.1) is 0 Å². The van der Waals surface area contributed by atoms with Crippen LogP contribution in [-0.2, 0) is 9.59 Å². The molecule has 4 rings (SSSR count). The maximum absolute atomic E-state index is 12.6. The lowest BCUT2D eigenvalue weighted by Gasteiger charge is -2.35. The minimum Gasteiger partial charge on any atom is -0.368 e. The van der Waals surface area contributed by atoms with Crippen LogP contribution in [0.25, 0.3) is 0 Å². The van der Waals surface area contributed by atoms with Crippen LogP contribution in [0.5, 0.6) is 0 Å². The van der Waals surface area contributed by atoms with Crippen molar-refractivity contribution in [1.82, 2.24) is 0 Å². The van der Waals surface area contributed by atoms with Crippen LogP contribution in [0.3, 0.4) is 0 Å². The zero-order valence-electron chi connectivity index (χ0n) is 12.8. The first-order valence-corrected chi connectivity index (χ1v) is 8.12. The Hall–Kier alpha value is -2.37. The van der Waals surface area contributed by atoms with Gasteiger partial charge in [0.15, 0.2) is 5.84 Å². The third-order valence-corrected chi connectivity index (χ3v) is 4.94. The number of aliphatic imine (C=N–C) groups is 3. The van der Waals surface area contributed by atoms with Crippen molar-refractivity contribution in [1.29, 1.82) is 0 Å². The van der Waals surface area contributed by atoms with Gasteiger partial charge in [-0.3, -0.25) is 9.59 Å². The number of fused-ring (bicyclic) bond motifs is 2. The lowest BCUT2D eigenvalue weighted by atomic mass is 9.70. The van der Waals surface area contributed by atoms with Gasteiger partial charge >= 0.3 is 0 Å². The Morgan fingerprint density at radius 3 is 2.74 bits per heavy atom. The van der Waals surface area contributed by atoms with Crippen LogP contribution in [0.1, 0.15) is 38.5 Å². The van der Waals surface area contributed by atoms with E-state index in [0.717, 1.165) is 43.4 Å². The molecule has 0 aromatic heterocycles. The first-order valence-electron chi connectivity index (χ1n) is 8.12. The average Bonchev–Trinajstić information content (AvgIpc) is 2.54. The van der Waals surface area contributed by atoms with Crippen molar-refractivity contribution >= 4 is 29.2 Å². The van der Waals surface area contributed by atoms with E-state index in [1.807, 2.05) is 0 Å². The van der Waals surface area contributed by atoms with Crippen LogP contribution in [0.2, 0.25) is 0 Å². The summed E-state index contributed by atoms with van der Waals surface area (Å²) in [5.41, 5.74) is 7.78. The number of carbonyl (C=O) groups is 2. The number of amidine groups is 1. The molecular formula is C17H18N4O2. The van der Waals surface area contributed by atoms with Gasteiger partial charge in [0.2, 0.25) is 5.96 Å². The maximum atomic E-state index is 12.6. The average molecular weight is 310 g/mol. The molecule has 2 aliphatic carbocycles. The highest BCUT2D eigenvalue weighted by Crippen LogP contribution is 2.41. The summed E-state index contributed by atoms with van der Waals surface area (Å²) in [5.74, 6) is -0.113. The van der Waals surface area contributed by atoms with Gasteiger partial charge in [-0.1, -0.05) is 12.2 Å². The molecule has 1 fully saturated rings. The molecule has 2 aliphatic heterocycles. The third-order valence-electron chi connectivity index (χ3n) is 4.94. The van der Waals surface area contributed by atoms with Crippen molar-refractivity contribution in [2.75, 3.05) is 0 Å². The lowest BCUT2D eigenvalue weighted by molar-refractivity contribution is -0.120. The Morgan fingerprint density at radius 1 is 1.09 bits per heavy atom. The second-order valence-corrected chi connectivity index (χ2v) is 6.38. The number of rotatable bonds is 1. The van der Waals surface area contributed by atoms with Gasteiger partial charge in [-0.25, -0.2) is 4.99 Å². The van der Waals surface area contributed by atoms with E-state index in [9.17, 15) is 9.59 Å². The molecule has 0 bridgehead atoms. The summed E-state index contributed by atoms with van der Waals surface area (Å²) in [5, 5.41) is 0. The summed E-state index contributed by atoms with van der Waals surface area (Å²) in [7, 11) is 0. The van der Waals surface area contributed by atoms with E-state index in [4.69, 9.17) is 5.73 Å². The molecule has 118 valence electrons. The molecule has 0 radical (unpaired) electrons. The minimum absolute atomic E-state index is 0.0541. The topological polar surface area (TPSA) is 97.2 Å². The fraction of sp³-hybridized carbons (Fsp3) is 0.471. The fourth-order valence-electron chi connectivity index (χ4n) is 3.97. The first-order chi connectivity index (χ1) is 11.1. The second kappa shape index (κ2) is 5.37. The van der Waals surface area contributed by atoms with Gasteiger partial charge < -0.3 is 5.73 Å². The number of carbonyl (C=O) groups excluding carboxylic acids is 2. The summed E-state index contributed by atoms with van der Waals surface area (Å²) in [6.07, 6.45) is 9.15. The van der Waals surface area contributed by atoms with Crippen molar-refractivity contribution in [3.63, 3.8) is 0 Å². The highest BCUT2D eigenvalue weighted by Gasteiger charge is 2.43. The highest BCUT2D eigenvalue weighted by atomic mass is 16.1. The van der Waals surface area contributed by atoms with E-state index in [1.54, 1.807) is 0 Å². The monoisotopic (exact) mass is 310 g/mol. The van der Waals surface area contributed by atoms with Gasteiger partial charge in [0.1, 0.15) is 5.78 Å². The van der Waals surface area contributed by atoms with Gasteiger partial charge in [0.25, 0.3) is 5.91 Å². The van der Waals surface area contributed by atoms with Gasteiger partial charge in [-0.2, -0.15) is 9.98 Å². The number of nitrogens with two attached hydrogens (primary N) is 1. The summed E-state index contributed by atoms with van der Waals surface area (Å²) in [6.45, 7) is 0. The number of Topliss-reactive ketones (excluding diaryl/α,β-unsaturated/α-hetero) is 1. The summed E-state index contributed by atoms with van der Waals surface area (Å²) in [6, 6.07) is 0. The van der Waals surface area contributed by atoms with E-state index in [0.29, 0.717) is 17.8 Å². The first kappa shape index (κ1) is 14.2. The predicted octanol–water partition coefficient (Wildman–Crippen LogP) is 1.72. The van der Waals surface area contributed by atoms with Crippen molar-refractivity contribution in [3.8, 4) is 0 Å². The van der Waals surface area contributed by atoms with Crippen molar-refractivity contribution in [3.05, 3.63) is 23.3 Å². The van der Waals surface area contributed by atoms with Gasteiger partial charge in [-0.05, 0) is 43.6 Å². The van der Waals surface area contributed by atoms with Crippen molar-refractivity contribution in [2.45, 2.75) is 38.5 Å². The normalized spacial score (nSPS) is 30.3. The van der Waals surface area contributed by atoms with E-state index in [-0.39, 0.29) is 23.6 Å². The van der Waals surface area contributed by atoms with E-state index in [1.165, 1.54) is 0 Å². The Morgan fingerprint density at radius 2 is 1.96 bits per heavy atom. The van der Waals surface area contributed by atoms with Gasteiger partial charge in [0, 0.05) is 12.1 Å². The highest BCUT2D eigenvalue weighted by molar-refractivity contribution is 6.33. The molecule has 4 aliphatic rings. The SMILES string of the molecule is NC1=NC(=O)C2=C(C3CC=CCC3)C3C(=O)CCCC3=NC2=N1. The third kappa shape index (κ3) is 2.29. The minimum atomic E-state index is -0.404. The number of guanidine groups is 1. The number of hydrogen-bond donors (Lipinski definition) is 1. The molecule has 0 aromatic rings. The molecule has 2 N–H and O–H groups in total. The quantitative estimate of drug-likeness (QED) is 0.747. The fourth-order valence-corrected chi connectivity index (χ4v) is 3.97. The largest absolute Gasteiger partial charge is 0.368 e. The standard InChI is InChI=1S/C17H18N4O2/c18-17-20-15-14(16(23)21-17)12(9-5-2-1-3-6-9)13-10(19-15)7-4-8-11(13)22/h1-2,9,13H,3-8H2,(H2,18,21,23). The molecule has 6 heteroatoms. The molecular weight excluding hydrogens is 292 g/mol. The molecule has 0 spiro atoms. The van der Waals surface area contributed by atoms with Crippen LogP contribution in [0.4, 0.5) is 0 Å². The van der Waals surface area contributed by atoms with Crippen LogP contribution in [0, 0.1) is 11.8 Å². The molecule has 1 saturated carbocycles. The molecule has 2 heterocycles. The molecule has 0 aromatic carbocycles. The van der Waals surface area contributed by atoms with Crippen molar-refractivity contribution < 1.29 is 9.59 Å². The molecule has 6 nitrogen and oxygen atoms in total. The molecule has 23 heavy (non-hydrogen) atoms. The van der Waals surface area contributed by atoms with Crippen LogP contribution in [0.15, 0.2) is 38.3 Å². The molecule has 1 amide bonds.